The molecule has 16 heavy (non-hydrogen) atoms. The molecule has 0 spiro atoms. The Kier molecular flexibility index (Phi) is 2.71. The van der Waals surface area contributed by atoms with Crippen LogP contribution in [0.5, 0.6) is 0 Å². The van der Waals surface area contributed by atoms with Crippen molar-refractivity contribution in [3.63, 3.8) is 0 Å². The van der Waals surface area contributed by atoms with E-state index in [0.717, 1.165) is 19.6 Å². The summed E-state index contributed by atoms with van der Waals surface area (Å²) in [5, 5.41) is 7.34. The number of rotatable bonds is 1. The fourth-order valence-corrected chi connectivity index (χ4v) is 2.08. The Morgan fingerprint density at radius 2 is 2.31 bits per heavy atom. The highest BCUT2D eigenvalue weighted by molar-refractivity contribution is 5.93. The number of carbonyl (C=O) groups excluding carboxylic acids is 1. The molecule has 1 aliphatic rings. The molecule has 5 heteroatoms. The number of amides is 1. The van der Waals surface area contributed by atoms with Gasteiger partial charge >= 0.3 is 0 Å². The fourth-order valence-electron chi connectivity index (χ4n) is 2.08. The maximum atomic E-state index is 12.3. The van der Waals surface area contributed by atoms with Crippen molar-refractivity contribution in [2.45, 2.75) is 19.4 Å². The van der Waals surface area contributed by atoms with E-state index < -0.39 is 0 Å². The summed E-state index contributed by atoms with van der Waals surface area (Å²) in [7, 11) is 1.79. The van der Waals surface area contributed by atoms with Gasteiger partial charge in [-0.3, -0.25) is 9.48 Å². The highest BCUT2D eigenvalue weighted by Gasteiger charge is 2.34. The Hall–Kier alpha value is -1.36. The summed E-state index contributed by atoms with van der Waals surface area (Å²) < 4.78 is 1.63. The lowest BCUT2D eigenvalue weighted by molar-refractivity contribution is 0.0466. The number of hydrogen-bond donors (Lipinski definition) is 1. The molecule has 2 rings (SSSR count). The van der Waals surface area contributed by atoms with Crippen LogP contribution in [0.25, 0.3) is 0 Å². The van der Waals surface area contributed by atoms with Crippen molar-refractivity contribution in [1.29, 1.82) is 0 Å². The molecule has 2 heterocycles. The van der Waals surface area contributed by atoms with Crippen molar-refractivity contribution >= 4 is 5.91 Å². The first-order valence-electron chi connectivity index (χ1n) is 5.53. The molecule has 1 saturated heterocycles. The Bertz CT molecular complexity index is 396. The number of carbonyl (C=O) groups is 1. The largest absolute Gasteiger partial charge is 0.330 e. The summed E-state index contributed by atoms with van der Waals surface area (Å²) in [5.41, 5.74) is 0.509. The van der Waals surface area contributed by atoms with E-state index in [1.165, 1.54) is 0 Å². The van der Waals surface area contributed by atoms with Crippen LogP contribution in [-0.4, -0.2) is 45.8 Å². The molecule has 1 amide bonds. The monoisotopic (exact) mass is 222 g/mol. The molecule has 88 valence electrons. The van der Waals surface area contributed by atoms with Crippen LogP contribution in [0.3, 0.4) is 0 Å². The molecule has 0 aliphatic carbocycles. The summed E-state index contributed by atoms with van der Waals surface area (Å²) in [4.78, 5) is 14.3. The molecular weight excluding hydrogens is 204 g/mol. The lowest BCUT2D eigenvalue weighted by Crippen LogP contribution is -2.60. The van der Waals surface area contributed by atoms with Gasteiger partial charge in [0.05, 0.1) is 5.54 Å². The van der Waals surface area contributed by atoms with Gasteiger partial charge in [-0.25, -0.2) is 0 Å². The van der Waals surface area contributed by atoms with Gasteiger partial charge in [-0.15, -0.1) is 0 Å². The van der Waals surface area contributed by atoms with Crippen LogP contribution in [0.2, 0.25) is 0 Å². The number of nitrogens with zero attached hydrogens (tertiary/aromatic N) is 3. The maximum Gasteiger partial charge on any atom is 0.272 e. The summed E-state index contributed by atoms with van der Waals surface area (Å²) in [5.74, 6) is 0.0616. The second kappa shape index (κ2) is 3.90. The third-order valence-electron chi connectivity index (χ3n) is 3.09. The standard InChI is InChI=1S/C11H18N4O/c1-11(2)8-12-6-7-15(11)10(16)9-4-5-13-14(9)3/h4-5,12H,6-8H2,1-3H3. The zero-order chi connectivity index (χ0) is 11.8. The van der Waals surface area contributed by atoms with Gasteiger partial charge in [0.2, 0.25) is 0 Å². The number of aryl methyl sites for hydroxylation is 1. The zero-order valence-electron chi connectivity index (χ0n) is 10.0. The van der Waals surface area contributed by atoms with Gasteiger partial charge in [0, 0.05) is 32.9 Å². The van der Waals surface area contributed by atoms with Gasteiger partial charge in [-0.2, -0.15) is 5.10 Å². The second-order valence-corrected chi connectivity index (χ2v) is 4.79. The minimum Gasteiger partial charge on any atom is -0.330 e. The van der Waals surface area contributed by atoms with E-state index in [4.69, 9.17) is 0 Å². The molecule has 0 saturated carbocycles. The molecule has 1 aromatic heterocycles. The molecule has 0 radical (unpaired) electrons. The Morgan fingerprint density at radius 3 is 2.88 bits per heavy atom. The predicted octanol–water partition coefficient (Wildman–Crippen LogP) is 0.244. The molecule has 1 aromatic rings. The Labute approximate surface area is 95.4 Å². The Balaban J connectivity index is 2.24. The minimum atomic E-state index is -0.139. The van der Waals surface area contributed by atoms with Crippen LogP contribution < -0.4 is 5.32 Å². The van der Waals surface area contributed by atoms with Crippen molar-refractivity contribution in [2.75, 3.05) is 19.6 Å². The van der Waals surface area contributed by atoms with Gasteiger partial charge in [0.25, 0.3) is 5.91 Å². The Morgan fingerprint density at radius 1 is 1.56 bits per heavy atom. The van der Waals surface area contributed by atoms with E-state index in [-0.39, 0.29) is 11.4 Å². The molecule has 1 aliphatic heterocycles. The third kappa shape index (κ3) is 1.82. The van der Waals surface area contributed by atoms with E-state index in [9.17, 15) is 4.79 Å². The lowest BCUT2D eigenvalue weighted by atomic mass is 9.99. The highest BCUT2D eigenvalue weighted by atomic mass is 16.2. The van der Waals surface area contributed by atoms with Crippen molar-refractivity contribution in [1.82, 2.24) is 20.0 Å². The van der Waals surface area contributed by atoms with Crippen LogP contribution in [0.15, 0.2) is 12.3 Å². The normalized spacial score (nSPS) is 19.8. The van der Waals surface area contributed by atoms with E-state index in [1.807, 2.05) is 4.90 Å². The topological polar surface area (TPSA) is 50.2 Å². The highest BCUT2D eigenvalue weighted by Crippen LogP contribution is 2.19. The summed E-state index contributed by atoms with van der Waals surface area (Å²) in [6, 6.07) is 1.76. The molecular formula is C11H18N4O. The first kappa shape index (κ1) is 11.1. The summed E-state index contributed by atoms with van der Waals surface area (Å²) >= 11 is 0. The molecule has 5 nitrogen and oxygen atoms in total. The molecule has 0 bridgehead atoms. The lowest BCUT2D eigenvalue weighted by Gasteiger charge is -2.42. The molecule has 1 fully saturated rings. The van der Waals surface area contributed by atoms with Gasteiger partial charge in [-0.05, 0) is 19.9 Å². The van der Waals surface area contributed by atoms with Crippen molar-refractivity contribution in [3.8, 4) is 0 Å². The number of nitrogens with one attached hydrogen (secondary N) is 1. The average molecular weight is 222 g/mol. The first-order valence-corrected chi connectivity index (χ1v) is 5.53. The number of hydrogen-bond acceptors (Lipinski definition) is 3. The fraction of sp³-hybridized carbons (Fsp3) is 0.636. The average Bonchev–Trinajstić information content (AvgIpc) is 2.63. The smallest absolute Gasteiger partial charge is 0.272 e. The van der Waals surface area contributed by atoms with Crippen LogP contribution in [-0.2, 0) is 7.05 Å². The van der Waals surface area contributed by atoms with Crippen LogP contribution >= 0.6 is 0 Å². The van der Waals surface area contributed by atoms with Crippen molar-refractivity contribution in [2.24, 2.45) is 7.05 Å². The summed E-state index contributed by atoms with van der Waals surface area (Å²) in [6.45, 7) is 6.58. The van der Waals surface area contributed by atoms with Gasteiger partial charge in [0.15, 0.2) is 0 Å². The van der Waals surface area contributed by atoms with E-state index in [2.05, 4.69) is 24.3 Å². The number of piperazine rings is 1. The van der Waals surface area contributed by atoms with Crippen molar-refractivity contribution < 1.29 is 4.79 Å². The van der Waals surface area contributed by atoms with E-state index in [0.29, 0.717) is 5.69 Å². The van der Waals surface area contributed by atoms with E-state index in [1.54, 1.807) is 24.0 Å². The molecule has 0 aromatic carbocycles. The quantitative estimate of drug-likeness (QED) is 0.740. The molecule has 0 atom stereocenters. The number of aromatic nitrogens is 2. The van der Waals surface area contributed by atoms with Crippen molar-refractivity contribution in [3.05, 3.63) is 18.0 Å². The molecule has 0 unspecified atom stereocenters. The van der Waals surface area contributed by atoms with Gasteiger partial charge in [-0.1, -0.05) is 0 Å². The predicted molar refractivity (Wildman–Crippen MR) is 61.2 cm³/mol. The van der Waals surface area contributed by atoms with Gasteiger partial charge in [0.1, 0.15) is 5.69 Å². The summed E-state index contributed by atoms with van der Waals surface area (Å²) in [6.07, 6.45) is 1.66. The maximum absolute atomic E-state index is 12.3. The van der Waals surface area contributed by atoms with Crippen LogP contribution in [0, 0.1) is 0 Å². The zero-order valence-corrected chi connectivity index (χ0v) is 10.0. The minimum absolute atomic E-state index is 0.0616. The van der Waals surface area contributed by atoms with E-state index >= 15 is 0 Å². The SMILES string of the molecule is Cn1nccc1C(=O)N1CCNCC1(C)C. The van der Waals surface area contributed by atoms with Gasteiger partial charge < -0.3 is 10.2 Å². The van der Waals surface area contributed by atoms with Crippen LogP contribution in [0.4, 0.5) is 0 Å². The second-order valence-electron chi connectivity index (χ2n) is 4.79. The first-order chi connectivity index (χ1) is 7.52. The molecule has 1 N–H and O–H groups in total. The third-order valence-corrected chi connectivity index (χ3v) is 3.09. The van der Waals surface area contributed by atoms with Crippen LogP contribution in [0.1, 0.15) is 24.3 Å².